The van der Waals surface area contributed by atoms with Crippen molar-refractivity contribution < 1.29 is 80.2 Å². The second kappa shape index (κ2) is 64.1. The van der Waals surface area contributed by atoms with Gasteiger partial charge in [0, 0.05) is 25.7 Å². The Morgan fingerprint density at radius 2 is 0.560 bits per heavy atom. The van der Waals surface area contributed by atoms with E-state index in [2.05, 4.69) is 41.5 Å². The van der Waals surface area contributed by atoms with Crippen LogP contribution in [-0.4, -0.2) is 96.7 Å². The van der Waals surface area contributed by atoms with E-state index in [4.69, 9.17) is 37.0 Å². The van der Waals surface area contributed by atoms with Gasteiger partial charge in [-0.15, -0.1) is 0 Å². The number of aliphatic hydroxyl groups excluding tert-OH is 1. The molecule has 0 fully saturated rings. The Morgan fingerprint density at radius 1 is 0.319 bits per heavy atom. The molecule has 0 rings (SSSR count). The average Bonchev–Trinajstić information content (AvgIpc) is 3.59. The smallest absolute Gasteiger partial charge is 0.462 e. The van der Waals surface area contributed by atoms with Crippen molar-refractivity contribution in [3.8, 4) is 0 Å². The molecule has 0 saturated heterocycles. The molecule has 0 aromatic carbocycles. The lowest BCUT2D eigenvalue weighted by atomic mass is 10.00. The lowest BCUT2D eigenvalue weighted by Gasteiger charge is -2.21. The highest BCUT2D eigenvalue weighted by Crippen LogP contribution is 2.45. The molecular formula is C72H140O17P2. The van der Waals surface area contributed by atoms with Crippen LogP contribution in [0, 0.1) is 11.8 Å². The van der Waals surface area contributed by atoms with E-state index in [0.29, 0.717) is 25.7 Å². The summed E-state index contributed by atoms with van der Waals surface area (Å²) in [5, 5.41) is 10.6. The van der Waals surface area contributed by atoms with Crippen LogP contribution < -0.4 is 0 Å². The summed E-state index contributed by atoms with van der Waals surface area (Å²) in [5.74, 6) is -0.616. The molecule has 0 radical (unpaired) electrons. The summed E-state index contributed by atoms with van der Waals surface area (Å²) in [6.07, 6.45) is 49.9. The molecule has 540 valence electrons. The van der Waals surface area contributed by atoms with Crippen molar-refractivity contribution in [2.45, 2.75) is 387 Å². The van der Waals surface area contributed by atoms with Crippen LogP contribution in [0.5, 0.6) is 0 Å². The Balaban J connectivity index is 5.24. The molecule has 0 aromatic heterocycles. The largest absolute Gasteiger partial charge is 0.472 e. The van der Waals surface area contributed by atoms with E-state index < -0.39 is 97.5 Å². The molecule has 3 unspecified atom stereocenters. The van der Waals surface area contributed by atoms with E-state index in [1.165, 1.54) is 186 Å². The number of aliphatic hydroxyl groups is 1. The van der Waals surface area contributed by atoms with E-state index in [1.807, 2.05) is 0 Å². The predicted molar refractivity (Wildman–Crippen MR) is 368 cm³/mol. The number of phosphoric acid groups is 2. The number of carbonyl (C=O) groups excluding carboxylic acids is 4. The molecule has 19 heteroatoms. The van der Waals surface area contributed by atoms with Crippen molar-refractivity contribution in [3.05, 3.63) is 0 Å². The molecule has 0 aliphatic rings. The fourth-order valence-electron chi connectivity index (χ4n) is 10.9. The van der Waals surface area contributed by atoms with Gasteiger partial charge in [-0.2, -0.15) is 0 Å². The molecule has 0 amide bonds. The first-order chi connectivity index (χ1) is 43.9. The van der Waals surface area contributed by atoms with Gasteiger partial charge in [0.05, 0.1) is 26.4 Å². The van der Waals surface area contributed by atoms with Crippen molar-refractivity contribution in [2.75, 3.05) is 39.6 Å². The first-order valence-electron chi connectivity index (χ1n) is 37.5. The minimum absolute atomic E-state index is 0.103. The third-order valence-electron chi connectivity index (χ3n) is 17.1. The van der Waals surface area contributed by atoms with Gasteiger partial charge in [0.1, 0.15) is 19.3 Å². The maximum Gasteiger partial charge on any atom is 0.472 e. The second-order valence-corrected chi connectivity index (χ2v) is 29.6. The summed E-state index contributed by atoms with van der Waals surface area (Å²) < 4.78 is 68.3. The normalized spacial score (nSPS) is 14.4. The summed E-state index contributed by atoms with van der Waals surface area (Å²) in [6, 6.07) is 0. The molecule has 0 saturated carbocycles. The predicted octanol–water partition coefficient (Wildman–Crippen LogP) is 20.8. The first-order valence-corrected chi connectivity index (χ1v) is 40.5. The van der Waals surface area contributed by atoms with Gasteiger partial charge in [-0.25, -0.2) is 9.13 Å². The Hall–Kier alpha value is -1.94. The Morgan fingerprint density at radius 3 is 0.835 bits per heavy atom. The fraction of sp³-hybridized carbons (Fsp3) is 0.944. The van der Waals surface area contributed by atoms with Crippen molar-refractivity contribution in [1.82, 2.24) is 0 Å². The number of carbonyl (C=O) groups is 4. The molecular weight excluding hydrogens is 1200 g/mol. The second-order valence-electron chi connectivity index (χ2n) is 26.7. The lowest BCUT2D eigenvalue weighted by Crippen LogP contribution is -2.30. The minimum Gasteiger partial charge on any atom is -0.462 e. The maximum atomic E-state index is 13.0. The van der Waals surface area contributed by atoms with E-state index in [9.17, 15) is 43.2 Å². The van der Waals surface area contributed by atoms with Crippen molar-refractivity contribution in [3.63, 3.8) is 0 Å². The van der Waals surface area contributed by atoms with Crippen LogP contribution in [0.15, 0.2) is 0 Å². The van der Waals surface area contributed by atoms with Gasteiger partial charge in [-0.1, -0.05) is 318 Å². The number of unbranched alkanes of at least 4 members (excludes halogenated alkanes) is 40. The molecule has 0 aromatic rings. The van der Waals surface area contributed by atoms with Crippen molar-refractivity contribution in [1.29, 1.82) is 0 Å². The van der Waals surface area contributed by atoms with Crippen LogP contribution in [0.3, 0.4) is 0 Å². The minimum atomic E-state index is -4.95. The Labute approximate surface area is 556 Å². The molecule has 6 atom stereocenters. The van der Waals surface area contributed by atoms with E-state index in [0.717, 1.165) is 102 Å². The summed E-state index contributed by atoms with van der Waals surface area (Å²) in [7, 11) is -9.90. The summed E-state index contributed by atoms with van der Waals surface area (Å²) >= 11 is 0. The highest BCUT2D eigenvalue weighted by Gasteiger charge is 2.30. The van der Waals surface area contributed by atoms with Crippen LogP contribution in [0.2, 0.25) is 0 Å². The van der Waals surface area contributed by atoms with Gasteiger partial charge in [0.15, 0.2) is 12.2 Å². The zero-order chi connectivity index (χ0) is 67.2. The number of rotatable bonds is 71. The highest BCUT2D eigenvalue weighted by atomic mass is 31.2. The number of esters is 4. The Bertz CT molecular complexity index is 1770. The average molecular weight is 1340 g/mol. The highest BCUT2D eigenvalue weighted by molar-refractivity contribution is 7.47. The summed E-state index contributed by atoms with van der Waals surface area (Å²) in [4.78, 5) is 72.6. The zero-order valence-corrected chi connectivity index (χ0v) is 60.9. The SMILES string of the molecule is CCCCCCCCCCCCCCCCCC(=O)OC[C@H](COP(=O)(O)OC[C@@H](O)COP(=O)(O)OC[C@@H](COC(=O)CCCCCCCCCCCC)OC(=O)CCCCCCCCC(C)CC)OC(=O)CCCCCCCCCCCCCCCC(C)C. The number of hydrogen-bond donors (Lipinski definition) is 3. The van der Waals surface area contributed by atoms with Crippen LogP contribution in [0.25, 0.3) is 0 Å². The topological polar surface area (TPSA) is 237 Å². The molecule has 0 heterocycles. The van der Waals surface area contributed by atoms with Gasteiger partial charge in [0.2, 0.25) is 0 Å². The van der Waals surface area contributed by atoms with Crippen LogP contribution >= 0.6 is 15.6 Å². The zero-order valence-electron chi connectivity index (χ0n) is 59.1. The number of phosphoric ester groups is 2. The van der Waals surface area contributed by atoms with Gasteiger partial charge >= 0.3 is 39.5 Å². The first kappa shape index (κ1) is 89.1. The van der Waals surface area contributed by atoms with Crippen molar-refractivity contribution >= 4 is 39.5 Å². The maximum absolute atomic E-state index is 13.0. The third-order valence-corrected chi connectivity index (χ3v) is 19.0. The van der Waals surface area contributed by atoms with Crippen LogP contribution in [-0.2, 0) is 65.4 Å². The van der Waals surface area contributed by atoms with E-state index in [1.54, 1.807) is 0 Å². The van der Waals surface area contributed by atoms with Crippen LogP contribution in [0.4, 0.5) is 0 Å². The van der Waals surface area contributed by atoms with Crippen LogP contribution in [0.1, 0.15) is 369 Å². The molecule has 0 aliphatic carbocycles. The van der Waals surface area contributed by atoms with E-state index >= 15 is 0 Å². The number of hydrogen-bond acceptors (Lipinski definition) is 15. The van der Waals surface area contributed by atoms with E-state index in [-0.39, 0.29) is 25.7 Å². The lowest BCUT2D eigenvalue weighted by molar-refractivity contribution is -0.161. The Kier molecular flexibility index (Phi) is 62.7. The van der Waals surface area contributed by atoms with Gasteiger partial charge < -0.3 is 33.8 Å². The summed E-state index contributed by atoms with van der Waals surface area (Å²) in [6.45, 7) is 9.53. The summed E-state index contributed by atoms with van der Waals surface area (Å²) in [5.41, 5.74) is 0. The van der Waals surface area contributed by atoms with Crippen molar-refractivity contribution in [2.24, 2.45) is 11.8 Å². The number of ether oxygens (including phenoxy) is 4. The monoisotopic (exact) mass is 1340 g/mol. The fourth-order valence-corrected chi connectivity index (χ4v) is 12.5. The molecule has 0 aliphatic heterocycles. The molecule has 3 N–H and O–H groups in total. The quantitative estimate of drug-likeness (QED) is 0.0222. The molecule has 0 spiro atoms. The standard InChI is InChI=1S/C72H140O17P2/c1-7-10-12-14-16-18-20-21-22-25-28-32-36-43-49-55-70(75)82-60-67(88-71(76)56-50-44-37-33-29-26-23-24-27-30-34-40-46-52-64(4)5)62-86-90(78,79)84-58-66(73)59-85-91(80,81)87-63-68(89-72(77)57-51-45-39-38-41-47-53-65(6)9-3)61-83-69(74)54-48-42-35-31-19-17-15-13-11-8-2/h64-68,73H,7-63H2,1-6H3,(H,78,79)(H,80,81)/t65?,66-,67-,68-/m1/s1. The molecule has 17 nitrogen and oxygen atoms in total. The van der Waals surface area contributed by atoms with Gasteiger partial charge in [0.25, 0.3) is 0 Å². The molecule has 91 heavy (non-hydrogen) atoms. The van der Waals surface area contributed by atoms with Gasteiger partial charge in [-0.3, -0.25) is 37.3 Å². The third kappa shape index (κ3) is 65.1. The van der Waals surface area contributed by atoms with Gasteiger partial charge in [-0.05, 0) is 37.5 Å². The molecule has 0 bridgehead atoms.